The van der Waals surface area contributed by atoms with Crippen LogP contribution in [-0.4, -0.2) is 14.6 Å². The van der Waals surface area contributed by atoms with Gasteiger partial charge in [0.2, 0.25) is 0 Å². The smallest absolute Gasteiger partial charge is 0.158 e. The third-order valence-electron chi connectivity index (χ3n) is 2.91. The number of hydrogen-bond donors (Lipinski definition) is 2. The number of fused-ring (bicyclic) bond motifs is 1. The van der Waals surface area contributed by atoms with Gasteiger partial charge in [-0.05, 0) is 25.1 Å². The highest BCUT2D eigenvalue weighted by Crippen LogP contribution is 2.30. The van der Waals surface area contributed by atoms with E-state index in [0.717, 1.165) is 11.3 Å². The number of rotatable bonds is 2. The van der Waals surface area contributed by atoms with Crippen LogP contribution >= 0.6 is 23.2 Å². The molecule has 0 saturated carbocycles. The van der Waals surface area contributed by atoms with E-state index in [9.17, 15) is 0 Å². The monoisotopic (exact) mass is 307 g/mol. The van der Waals surface area contributed by atoms with Crippen molar-refractivity contribution in [2.45, 2.75) is 6.92 Å². The first-order valence-corrected chi connectivity index (χ1v) is 6.63. The Bertz CT molecular complexity index is 797. The normalized spacial score (nSPS) is 11.0. The van der Waals surface area contributed by atoms with E-state index in [4.69, 9.17) is 29.0 Å². The van der Waals surface area contributed by atoms with E-state index in [1.54, 1.807) is 16.6 Å². The molecule has 0 aliphatic rings. The Hall–Kier alpha value is -1.82. The molecule has 0 aliphatic carbocycles. The highest BCUT2D eigenvalue weighted by Gasteiger charge is 2.12. The van der Waals surface area contributed by atoms with E-state index in [1.165, 1.54) is 0 Å². The lowest BCUT2D eigenvalue weighted by atomic mass is 10.1. The van der Waals surface area contributed by atoms with Gasteiger partial charge >= 0.3 is 0 Å². The number of benzene rings is 1. The van der Waals surface area contributed by atoms with Crippen LogP contribution in [0.2, 0.25) is 10.0 Å². The Kier molecular flexibility index (Phi) is 3.25. The number of nitrogens with two attached hydrogens (primary N) is 1. The molecule has 0 atom stereocenters. The van der Waals surface area contributed by atoms with Crippen molar-refractivity contribution in [1.82, 2.24) is 14.6 Å². The summed E-state index contributed by atoms with van der Waals surface area (Å²) in [6, 6.07) is 8.95. The van der Waals surface area contributed by atoms with Crippen molar-refractivity contribution in [2.75, 3.05) is 5.43 Å². The maximum absolute atomic E-state index is 6.20. The molecule has 0 unspecified atom stereocenters. The van der Waals surface area contributed by atoms with Crippen LogP contribution in [0.1, 0.15) is 5.69 Å². The lowest BCUT2D eigenvalue weighted by Gasteiger charge is -2.04. The number of nitrogens with one attached hydrogen (secondary N) is 1. The Balaban J connectivity index is 2.22. The third-order valence-corrected chi connectivity index (χ3v) is 3.46. The van der Waals surface area contributed by atoms with E-state index in [0.29, 0.717) is 27.2 Å². The molecule has 0 bridgehead atoms. The molecular weight excluding hydrogens is 297 g/mol. The molecule has 20 heavy (non-hydrogen) atoms. The zero-order valence-electron chi connectivity index (χ0n) is 10.6. The van der Waals surface area contributed by atoms with E-state index in [1.807, 2.05) is 25.1 Å². The van der Waals surface area contributed by atoms with Gasteiger partial charge in [-0.1, -0.05) is 23.2 Å². The summed E-state index contributed by atoms with van der Waals surface area (Å²) in [6.07, 6.45) is 0. The van der Waals surface area contributed by atoms with Crippen molar-refractivity contribution in [3.63, 3.8) is 0 Å². The Morgan fingerprint density at radius 3 is 2.70 bits per heavy atom. The predicted molar refractivity (Wildman–Crippen MR) is 81.0 cm³/mol. The summed E-state index contributed by atoms with van der Waals surface area (Å²) in [5, 5.41) is 5.60. The van der Waals surface area contributed by atoms with Gasteiger partial charge in [0.25, 0.3) is 0 Å². The molecule has 0 aliphatic heterocycles. The number of hydrogen-bond acceptors (Lipinski definition) is 4. The van der Waals surface area contributed by atoms with Crippen molar-refractivity contribution in [1.29, 1.82) is 0 Å². The van der Waals surface area contributed by atoms with E-state index in [-0.39, 0.29) is 0 Å². The highest BCUT2D eigenvalue weighted by molar-refractivity contribution is 6.36. The Morgan fingerprint density at radius 2 is 2.00 bits per heavy atom. The molecule has 2 heterocycles. The largest absolute Gasteiger partial charge is 0.308 e. The standard InChI is InChI=1S/C13H11Cl2N5/c1-7-4-13(18-16)20-12(17-7)6-11(19-20)9-3-2-8(14)5-10(9)15/h2-6,18H,16H2,1H3. The second-order valence-corrected chi connectivity index (χ2v) is 5.19. The molecule has 3 aromatic rings. The van der Waals surface area contributed by atoms with E-state index >= 15 is 0 Å². The van der Waals surface area contributed by atoms with Gasteiger partial charge in [-0.25, -0.2) is 10.8 Å². The molecule has 0 spiro atoms. The molecule has 0 saturated heterocycles. The van der Waals surface area contributed by atoms with Crippen molar-refractivity contribution in [3.05, 3.63) is 46.1 Å². The summed E-state index contributed by atoms with van der Waals surface area (Å²) < 4.78 is 1.63. The minimum atomic E-state index is 0.542. The van der Waals surface area contributed by atoms with Gasteiger partial charge < -0.3 is 5.43 Å². The molecular formula is C13H11Cl2N5. The van der Waals surface area contributed by atoms with Crippen molar-refractivity contribution < 1.29 is 0 Å². The highest BCUT2D eigenvalue weighted by atomic mass is 35.5. The summed E-state index contributed by atoms with van der Waals surface area (Å²) in [6.45, 7) is 1.89. The maximum Gasteiger partial charge on any atom is 0.158 e. The second kappa shape index (κ2) is 4.94. The van der Waals surface area contributed by atoms with Gasteiger partial charge in [0.05, 0.1) is 10.7 Å². The molecule has 3 N–H and O–H groups in total. The molecule has 3 rings (SSSR count). The number of nitrogens with zero attached hydrogens (tertiary/aromatic N) is 3. The van der Waals surface area contributed by atoms with Crippen molar-refractivity contribution in [3.8, 4) is 11.3 Å². The molecule has 0 radical (unpaired) electrons. The predicted octanol–water partition coefficient (Wildman–Crippen LogP) is 3.30. The molecule has 7 heteroatoms. The van der Waals surface area contributed by atoms with E-state index < -0.39 is 0 Å². The van der Waals surface area contributed by atoms with Gasteiger partial charge in [-0.3, -0.25) is 0 Å². The minimum Gasteiger partial charge on any atom is -0.308 e. The second-order valence-electron chi connectivity index (χ2n) is 4.35. The average molecular weight is 308 g/mol. The Morgan fingerprint density at radius 1 is 1.20 bits per heavy atom. The fourth-order valence-corrected chi connectivity index (χ4v) is 2.54. The zero-order chi connectivity index (χ0) is 14.3. The average Bonchev–Trinajstić information content (AvgIpc) is 2.80. The number of aryl methyl sites for hydroxylation is 1. The van der Waals surface area contributed by atoms with E-state index in [2.05, 4.69) is 15.5 Å². The number of hydrazine groups is 1. The summed E-state index contributed by atoms with van der Waals surface area (Å²) in [5.41, 5.74) is 5.65. The fourth-order valence-electron chi connectivity index (χ4n) is 2.03. The SMILES string of the molecule is Cc1cc(NN)n2nc(-c3ccc(Cl)cc3Cl)cc2n1. The van der Waals surface area contributed by atoms with Crippen LogP contribution in [0.4, 0.5) is 5.82 Å². The summed E-state index contributed by atoms with van der Waals surface area (Å²) in [5.74, 6) is 6.16. The first kappa shape index (κ1) is 13.2. The molecule has 1 aromatic carbocycles. The molecule has 2 aromatic heterocycles. The quantitative estimate of drug-likeness (QED) is 0.563. The number of nitrogen functional groups attached to an aromatic ring is 1. The summed E-state index contributed by atoms with van der Waals surface area (Å²) in [7, 11) is 0. The summed E-state index contributed by atoms with van der Waals surface area (Å²) in [4.78, 5) is 4.41. The van der Waals surface area contributed by atoms with Gasteiger partial charge in [0, 0.05) is 28.4 Å². The zero-order valence-corrected chi connectivity index (χ0v) is 12.1. The lowest BCUT2D eigenvalue weighted by molar-refractivity contribution is 0.930. The van der Waals surface area contributed by atoms with Crippen LogP contribution in [0.3, 0.4) is 0 Å². The number of anilines is 1. The molecule has 102 valence electrons. The first-order valence-electron chi connectivity index (χ1n) is 5.88. The number of halogens is 2. The van der Waals surface area contributed by atoms with Crippen LogP contribution in [0.15, 0.2) is 30.3 Å². The van der Waals surface area contributed by atoms with Gasteiger partial charge in [-0.2, -0.15) is 9.61 Å². The first-order chi connectivity index (χ1) is 9.58. The third kappa shape index (κ3) is 2.20. The fraction of sp³-hybridized carbons (Fsp3) is 0.0769. The van der Waals surface area contributed by atoms with Crippen LogP contribution in [0, 0.1) is 6.92 Å². The summed E-state index contributed by atoms with van der Waals surface area (Å²) >= 11 is 12.1. The van der Waals surface area contributed by atoms with Crippen molar-refractivity contribution in [2.24, 2.45) is 5.84 Å². The van der Waals surface area contributed by atoms with Crippen LogP contribution < -0.4 is 11.3 Å². The number of aromatic nitrogens is 3. The van der Waals surface area contributed by atoms with Gasteiger partial charge in [0.15, 0.2) is 5.65 Å². The van der Waals surface area contributed by atoms with Crippen molar-refractivity contribution >= 4 is 34.7 Å². The van der Waals surface area contributed by atoms with Gasteiger partial charge in [0.1, 0.15) is 5.82 Å². The minimum absolute atomic E-state index is 0.542. The van der Waals surface area contributed by atoms with Gasteiger partial charge in [-0.15, -0.1) is 0 Å². The molecule has 0 amide bonds. The Labute approximate surface area is 125 Å². The topological polar surface area (TPSA) is 68.2 Å². The molecule has 0 fully saturated rings. The maximum atomic E-state index is 6.20. The lowest BCUT2D eigenvalue weighted by Crippen LogP contribution is -2.12. The van der Waals surface area contributed by atoms with Crippen LogP contribution in [0.25, 0.3) is 16.9 Å². The molecule has 5 nitrogen and oxygen atoms in total. The van der Waals surface area contributed by atoms with Crippen LogP contribution in [-0.2, 0) is 0 Å². The van der Waals surface area contributed by atoms with Crippen LogP contribution in [0.5, 0.6) is 0 Å².